The number of anilines is 1. The molecule has 2 aromatic rings. The second-order valence-corrected chi connectivity index (χ2v) is 5.26. The van der Waals surface area contributed by atoms with Crippen LogP contribution in [0.4, 0.5) is 5.69 Å². The first-order valence-electron chi connectivity index (χ1n) is 7.35. The highest BCUT2D eigenvalue weighted by atomic mass is 16.5. The molecule has 0 aliphatic rings. The van der Waals surface area contributed by atoms with E-state index in [2.05, 4.69) is 10.6 Å². The molecule has 5 heteroatoms. The van der Waals surface area contributed by atoms with Gasteiger partial charge in [-0.05, 0) is 42.3 Å². The number of amides is 2. The Morgan fingerprint density at radius 3 is 2.48 bits per heavy atom. The van der Waals surface area contributed by atoms with Gasteiger partial charge in [0.05, 0.1) is 0 Å². The maximum Gasteiger partial charge on any atom is 0.258 e. The van der Waals surface area contributed by atoms with Crippen molar-refractivity contribution in [3.8, 4) is 5.75 Å². The van der Waals surface area contributed by atoms with E-state index in [0.29, 0.717) is 12.3 Å². The average molecular weight is 312 g/mol. The largest absolute Gasteiger partial charge is 0.484 e. The first-order chi connectivity index (χ1) is 11.0. The topological polar surface area (TPSA) is 67.4 Å². The summed E-state index contributed by atoms with van der Waals surface area (Å²) in [5, 5.41) is 5.49. The van der Waals surface area contributed by atoms with Crippen molar-refractivity contribution in [2.45, 2.75) is 20.4 Å². The molecule has 23 heavy (non-hydrogen) atoms. The van der Waals surface area contributed by atoms with Gasteiger partial charge in [-0.1, -0.05) is 24.3 Å². The molecule has 0 saturated heterocycles. The highest BCUT2D eigenvalue weighted by Gasteiger charge is 2.03. The zero-order valence-electron chi connectivity index (χ0n) is 13.3. The van der Waals surface area contributed by atoms with Crippen molar-refractivity contribution in [3.63, 3.8) is 0 Å². The molecule has 0 aliphatic heterocycles. The van der Waals surface area contributed by atoms with Crippen LogP contribution in [0.25, 0.3) is 0 Å². The molecule has 2 N–H and O–H groups in total. The lowest BCUT2D eigenvalue weighted by molar-refractivity contribution is -0.123. The molecule has 0 atom stereocenters. The summed E-state index contributed by atoms with van der Waals surface area (Å²) in [5.41, 5.74) is 2.76. The van der Waals surface area contributed by atoms with Gasteiger partial charge < -0.3 is 15.4 Å². The number of benzene rings is 2. The Hall–Kier alpha value is -2.82. The van der Waals surface area contributed by atoms with E-state index in [1.165, 1.54) is 6.92 Å². The van der Waals surface area contributed by atoms with E-state index in [1.807, 2.05) is 43.3 Å². The lowest BCUT2D eigenvalue weighted by Gasteiger charge is -2.09. The number of aryl methyl sites for hydroxylation is 1. The lowest BCUT2D eigenvalue weighted by Crippen LogP contribution is -2.28. The first-order valence-corrected chi connectivity index (χ1v) is 7.35. The van der Waals surface area contributed by atoms with Crippen molar-refractivity contribution in [2.24, 2.45) is 0 Å². The van der Waals surface area contributed by atoms with Crippen LogP contribution in [-0.4, -0.2) is 18.4 Å². The van der Waals surface area contributed by atoms with Crippen LogP contribution in [0, 0.1) is 6.92 Å². The molecular weight excluding hydrogens is 292 g/mol. The molecule has 0 aliphatic carbocycles. The molecule has 0 heterocycles. The molecule has 0 fully saturated rings. The van der Waals surface area contributed by atoms with Crippen LogP contribution in [0.3, 0.4) is 0 Å². The zero-order chi connectivity index (χ0) is 16.7. The van der Waals surface area contributed by atoms with Crippen molar-refractivity contribution < 1.29 is 14.3 Å². The van der Waals surface area contributed by atoms with Crippen LogP contribution in [0.1, 0.15) is 18.1 Å². The van der Waals surface area contributed by atoms with Gasteiger partial charge in [-0.3, -0.25) is 9.59 Å². The van der Waals surface area contributed by atoms with Gasteiger partial charge in [-0.25, -0.2) is 0 Å². The summed E-state index contributed by atoms with van der Waals surface area (Å²) in [6.07, 6.45) is 0. The van der Waals surface area contributed by atoms with Gasteiger partial charge in [-0.15, -0.1) is 0 Å². The second-order valence-electron chi connectivity index (χ2n) is 5.26. The predicted molar refractivity (Wildman–Crippen MR) is 89.3 cm³/mol. The number of hydrogen-bond donors (Lipinski definition) is 2. The number of carbonyl (C=O) groups is 2. The second kappa shape index (κ2) is 7.98. The quantitative estimate of drug-likeness (QED) is 0.861. The lowest BCUT2D eigenvalue weighted by atomic mass is 10.2. The van der Waals surface area contributed by atoms with E-state index in [1.54, 1.807) is 12.1 Å². The summed E-state index contributed by atoms with van der Waals surface area (Å²) in [6, 6.07) is 14.9. The van der Waals surface area contributed by atoms with E-state index in [-0.39, 0.29) is 18.4 Å². The van der Waals surface area contributed by atoms with Crippen molar-refractivity contribution >= 4 is 17.5 Å². The molecule has 2 aromatic carbocycles. The smallest absolute Gasteiger partial charge is 0.258 e. The van der Waals surface area contributed by atoms with Crippen molar-refractivity contribution in [2.75, 3.05) is 11.9 Å². The first kappa shape index (κ1) is 16.5. The third kappa shape index (κ3) is 5.82. The van der Waals surface area contributed by atoms with Crippen molar-refractivity contribution in [1.82, 2.24) is 5.32 Å². The van der Waals surface area contributed by atoms with Gasteiger partial charge in [0.25, 0.3) is 5.91 Å². The van der Waals surface area contributed by atoms with Crippen LogP contribution in [0.15, 0.2) is 48.5 Å². The fourth-order valence-electron chi connectivity index (χ4n) is 2.01. The summed E-state index contributed by atoms with van der Waals surface area (Å²) in [5.74, 6) is 0.386. The number of rotatable bonds is 6. The fraction of sp³-hybridized carbons (Fsp3) is 0.222. The van der Waals surface area contributed by atoms with Crippen LogP contribution >= 0.6 is 0 Å². The van der Waals surface area contributed by atoms with Gasteiger partial charge in [0, 0.05) is 19.2 Å². The molecule has 2 amide bonds. The Bertz CT molecular complexity index is 681. The number of ether oxygens (including phenoxy) is 1. The minimum atomic E-state index is -0.183. The number of hydrogen-bond acceptors (Lipinski definition) is 3. The van der Waals surface area contributed by atoms with Gasteiger partial charge in [0.15, 0.2) is 6.61 Å². The molecule has 120 valence electrons. The highest BCUT2D eigenvalue weighted by Crippen LogP contribution is 2.12. The average Bonchev–Trinajstić information content (AvgIpc) is 2.52. The third-order valence-electron chi connectivity index (χ3n) is 3.12. The standard InChI is InChI=1S/C18H20N2O3/c1-13-4-3-5-17(10-13)23-12-18(22)19-11-15-6-8-16(9-7-15)20-14(2)21/h3-10H,11-12H2,1-2H3,(H,19,22)(H,20,21). The Labute approximate surface area is 135 Å². The van der Waals surface area contributed by atoms with Crippen LogP contribution in [0.5, 0.6) is 5.75 Å². The molecule has 0 radical (unpaired) electrons. The third-order valence-corrected chi connectivity index (χ3v) is 3.12. The van der Waals surface area contributed by atoms with Crippen LogP contribution in [-0.2, 0) is 16.1 Å². The summed E-state index contributed by atoms with van der Waals surface area (Å²) in [7, 11) is 0. The minimum absolute atomic E-state index is 0.0204. The minimum Gasteiger partial charge on any atom is -0.484 e. The zero-order valence-corrected chi connectivity index (χ0v) is 13.3. The molecule has 0 saturated carbocycles. The molecule has 0 bridgehead atoms. The Balaban J connectivity index is 1.76. The van der Waals surface area contributed by atoms with E-state index >= 15 is 0 Å². The number of nitrogens with one attached hydrogen (secondary N) is 2. The molecular formula is C18H20N2O3. The van der Waals surface area contributed by atoms with Crippen LogP contribution < -0.4 is 15.4 Å². The Morgan fingerprint density at radius 2 is 1.83 bits per heavy atom. The van der Waals surface area contributed by atoms with E-state index < -0.39 is 0 Å². The van der Waals surface area contributed by atoms with Gasteiger partial charge >= 0.3 is 0 Å². The molecule has 5 nitrogen and oxygen atoms in total. The Kier molecular flexibility index (Phi) is 5.74. The fourth-order valence-corrected chi connectivity index (χ4v) is 2.01. The number of carbonyl (C=O) groups excluding carboxylic acids is 2. The highest BCUT2D eigenvalue weighted by molar-refractivity contribution is 5.88. The summed E-state index contributed by atoms with van der Waals surface area (Å²) < 4.78 is 5.44. The summed E-state index contributed by atoms with van der Waals surface area (Å²) in [4.78, 5) is 22.7. The van der Waals surface area contributed by atoms with E-state index in [9.17, 15) is 9.59 Å². The Morgan fingerprint density at radius 1 is 1.09 bits per heavy atom. The predicted octanol–water partition coefficient (Wildman–Crippen LogP) is 2.65. The molecule has 2 rings (SSSR count). The van der Waals surface area contributed by atoms with Gasteiger partial charge in [0.2, 0.25) is 5.91 Å². The SMILES string of the molecule is CC(=O)Nc1ccc(CNC(=O)COc2cccc(C)c2)cc1. The van der Waals surface area contributed by atoms with Crippen LogP contribution in [0.2, 0.25) is 0 Å². The monoisotopic (exact) mass is 312 g/mol. The molecule has 0 unspecified atom stereocenters. The maximum atomic E-state index is 11.8. The summed E-state index contributed by atoms with van der Waals surface area (Å²) in [6.45, 7) is 3.82. The summed E-state index contributed by atoms with van der Waals surface area (Å²) >= 11 is 0. The van der Waals surface area contributed by atoms with Gasteiger partial charge in [-0.2, -0.15) is 0 Å². The molecule has 0 aromatic heterocycles. The van der Waals surface area contributed by atoms with Crippen molar-refractivity contribution in [3.05, 3.63) is 59.7 Å². The van der Waals surface area contributed by atoms with Gasteiger partial charge in [0.1, 0.15) is 5.75 Å². The van der Waals surface area contributed by atoms with E-state index in [4.69, 9.17) is 4.74 Å². The van der Waals surface area contributed by atoms with E-state index in [0.717, 1.165) is 16.8 Å². The van der Waals surface area contributed by atoms with Crippen molar-refractivity contribution in [1.29, 1.82) is 0 Å². The normalized spacial score (nSPS) is 10.0. The maximum absolute atomic E-state index is 11.8. The molecule has 0 spiro atoms.